The van der Waals surface area contributed by atoms with Gasteiger partial charge in [0.15, 0.2) is 0 Å². The number of hydrogen-bond donors (Lipinski definition) is 0. The van der Waals surface area contributed by atoms with Gasteiger partial charge in [-0.2, -0.15) is 22.5 Å². The minimum absolute atomic E-state index is 0.00360. The molecule has 4 rings (SSSR count). The summed E-state index contributed by atoms with van der Waals surface area (Å²) in [7, 11) is -4.13. The molecule has 1 aliphatic rings. The number of nitrogens with zero attached hydrogens (tertiary/aromatic N) is 3. The molecule has 164 valence electrons. The Kier molecular flexibility index (Phi) is 5.56. The first-order valence-electron chi connectivity index (χ1n) is 9.41. The quantitative estimate of drug-likeness (QED) is 0.543. The molecule has 0 unspecified atom stereocenters. The molecule has 2 heterocycles. The summed E-state index contributed by atoms with van der Waals surface area (Å²) in [6.45, 7) is 0.178. The summed E-state index contributed by atoms with van der Waals surface area (Å²) in [5, 5.41) is 3.87. The molecule has 1 fully saturated rings. The summed E-state index contributed by atoms with van der Waals surface area (Å²) >= 11 is 0. The van der Waals surface area contributed by atoms with Crippen LogP contribution in [0.5, 0.6) is 0 Å². The third-order valence-electron chi connectivity index (χ3n) is 5.08. The van der Waals surface area contributed by atoms with Crippen LogP contribution in [0.15, 0.2) is 57.9 Å². The van der Waals surface area contributed by atoms with Crippen LogP contribution in [0.25, 0.3) is 11.4 Å². The van der Waals surface area contributed by atoms with Crippen molar-refractivity contribution in [1.82, 2.24) is 14.4 Å². The molecular formula is C20H17F4N3O3S. The number of alkyl halides is 3. The summed E-state index contributed by atoms with van der Waals surface area (Å²) in [4.78, 5) is 3.88. The Morgan fingerprint density at radius 2 is 1.84 bits per heavy atom. The average Bonchev–Trinajstić information content (AvgIpc) is 3.24. The second kappa shape index (κ2) is 8.04. The molecular weight excluding hydrogens is 438 g/mol. The highest BCUT2D eigenvalue weighted by Gasteiger charge is 2.36. The van der Waals surface area contributed by atoms with Gasteiger partial charge in [-0.15, -0.1) is 0 Å². The molecule has 31 heavy (non-hydrogen) atoms. The Bertz CT molecular complexity index is 1180. The van der Waals surface area contributed by atoms with E-state index in [1.54, 1.807) is 0 Å². The molecule has 1 saturated heterocycles. The maximum atomic E-state index is 13.1. The molecule has 1 atom stereocenters. The molecule has 0 aliphatic carbocycles. The molecule has 0 spiro atoms. The van der Waals surface area contributed by atoms with E-state index in [0.717, 1.165) is 22.5 Å². The number of piperidine rings is 1. The van der Waals surface area contributed by atoms with Crippen molar-refractivity contribution >= 4 is 10.0 Å². The third kappa shape index (κ3) is 4.47. The van der Waals surface area contributed by atoms with Gasteiger partial charge in [-0.1, -0.05) is 11.2 Å². The summed E-state index contributed by atoms with van der Waals surface area (Å²) in [5.74, 6) is -0.345. The Labute approximate surface area is 175 Å². The lowest BCUT2D eigenvalue weighted by Crippen LogP contribution is -2.39. The SMILES string of the molecule is O=S(=O)(c1cccc(C(F)(F)F)c1)N1CCC[C@H](c2nc(-c3ccc(F)cc3)no2)C1. The average molecular weight is 455 g/mol. The predicted molar refractivity (Wildman–Crippen MR) is 102 cm³/mol. The van der Waals surface area contributed by atoms with Gasteiger partial charge >= 0.3 is 6.18 Å². The molecule has 0 amide bonds. The fourth-order valence-corrected chi connectivity index (χ4v) is 5.03. The van der Waals surface area contributed by atoms with Gasteiger partial charge in [-0.3, -0.25) is 0 Å². The van der Waals surface area contributed by atoms with Crippen molar-refractivity contribution in [1.29, 1.82) is 0 Å². The van der Waals surface area contributed by atoms with Crippen LogP contribution in [0.3, 0.4) is 0 Å². The van der Waals surface area contributed by atoms with E-state index in [1.807, 2.05) is 0 Å². The predicted octanol–water partition coefficient (Wildman–Crippen LogP) is 4.46. The van der Waals surface area contributed by atoms with Crippen LogP contribution in [0.2, 0.25) is 0 Å². The number of aromatic nitrogens is 2. The summed E-state index contributed by atoms with van der Waals surface area (Å²) in [6, 6.07) is 9.19. The normalized spacial score (nSPS) is 18.3. The molecule has 2 aromatic carbocycles. The molecule has 11 heteroatoms. The number of rotatable bonds is 4. The van der Waals surface area contributed by atoms with Crippen LogP contribution in [0, 0.1) is 5.82 Å². The molecule has 1 aliphatic heterocycles. The van der Waals surface area contributed by atoms with Gasteiger partial charge in [0.05, 0.1) is 16.4 Å². The molecule has 0 bridgehead atoms. The van der Waals surface area contributed by atoms with Gasteiger partial charge in [-0.25, -0.2) is 12.8 Å². The van der Waals surface area contributed by atoms with E-state index in [0.29, 0.717) is 24.5 Å². The van der Waals surface area contributed by atoms with E-state index < -0.39 is 38.4 Å². The van der Waals surface area contributed by atoms with E-state index in [9.17, 15) is 26.0 Å². The summed E-state index contributed by atoms with van der Waals surface area (Å²) in [6.07, 6.45) is -3.58. The largest absolute Gasteiger partial charge is 0.416 e. The van der Waals surface area contributed by atoms with Crippen LogP contribution < -0.4 is 0 Å². The lowest BCUT2D eigenvalue weighted by Gasteiger charge is -2.30. The second-order valence-corrected chi connectivity index (χ2v) is 9.13. The van der Waals surface area contributed by atoms with Gasteiger partial charge in [0, 0.05) is 18.7 Å². The van der Waals surface area contributed by atoms with Crippen LogP contribution in [-0.2, 0) is 16.2 Å². The number of benzene rings is 2. The van der Waals surface area contributed by atoms with Crippen LogP contribution in [0.4, 0.5) is 17.6 Å². The fourth-order valence-electron chi connectivity index (χ4n) is 3.46. The van der Waals surface area contributed by atoms with E-state index in [2.05, 4.69) is 10.1 Å². The standard InChI is InChI=1S/C20H17F4N3O3S/c21-16-8-6-13(7-9-16)18-25-19(30-26-18)14-3-2-10-27(12-14)31(28,29)17-5-1-4-15(11-17)20(22,23)24/h1,4-9,11,14H,2-3,10,12H2/t14-/m0/s1. The molecule has 0 radical (unpaired) electrons. The lowest BCUT2D eigenvalue weighted by molar-refractivity contribution is -0.137. The minimum atomic E-state index is -4.64. The number of sulfonamides is 1. The van der Waals surface area contributed by atoms with Crippen molar-refractivity contribution in [2.24, 2.45) is 0 Å². The Balaban J connectivity index is 1.55. The Morgan fingerprint density at radius 3 is 2.55 bits per heavy atom. The first kappa shape index (κ1) is 21.4. The van der Waals surface area contributed by atoms with Gasteiger partial charge in [-0.05, 0) is 55.3 Å². The van der Waals surface area contributed by atoms with E-state index in [1.165, 1.54) is 24.3 Å². The van der Waals surface area contributed by atoms with Crippen LogP contribution in [0.1, 0.15) is 30.2 Å². The first-order chi connectivity index (χ1) is 14.6. The number of hydrogen-bond acceptors (Lipinski definition) is 5. The maximum absolute atomic E-state index is 13.1. The minimum Gasteiger partial charge on any atom is -0.339 e. The van der Waals surface area contributed by atoms with Crippen molar-refractivity contribution < 1.29 is 30.5 Å². The highest BCUT2D eigenvalue weighted by molar-refractivity contribution is 7.89. The first-order valence-corrected chi connectivity index (χ1v) is 10.9. The van der Waals surface area contributed by atoms with Gasteiger partial charge < -0.3 is 4.52 Å². The zero-order chi connectivity index (χ0) is 22.2. The Hall–Kier alpha value is -2.79. The van der Waals surface area contributed by atoms with Crippen molar-refractivity contribution in [3.8, 4) is 11.4 Å². The van der Waals surface area contributed by atoms with E-state index in [4.69, 9.17) is 4.52 Å². The van der Waals surface area contributed by atoms with Crippen molar-refractivity contribution in [2.45, 2.75) is 29.8 Å². The fraction of sp³-hybridized carbons (Fsp3) is 0.300. The van der Waals surface area contributed by atoms with Crippen molar-refractivity contribution in [2.75, 3.05) is 13.1 Å². The second-order valence-electron chi connectivity index (χ2n) is 7.19. The molecule has 0 N–H and O–H groups in total. The smallest absolute Gasteiger partial charge is 0.339 e. The van der Waals surface area contributed by atoms with Crippen molar-refractivity contribution in [3.63, 3.8) is 0 Å². The van der Waals surface area contributed by atoms with Gasteiger partial charge in [0.2, 0.25) is 21.7 Å². The molecule has 6 nitrogen and oxygen atoms in total. The Morgan fingerprint density at radius 1 is 1.10 bits per heavy atom. The third-order valence-corrected chi connectivity index (χ3v) is 6.94. The number of halogens is 4. The van der Waals surface area contributed by atoms with E-state index in [-0.39, 0.29) is 24.8 Å². The van der Waals surface area contributed by atoms with Crippen LogP contribution in [-0.4, -0.2) is 36.0 Å². The zero-order valence-corrected chi connectivity index (χ0v) is 16.8. The highest BCUT2D eigenvalue weighted by Crippen LogP contribution is 2.33. The summed E-state index contributed by atoms with van der Waals surface area (Å²) in [5.41, 5.74) is -0.483. The molecule has 0 saturated carbocycles. The molecule has 1 aromatic heterocycles. The van der Waals surface area contributed by atoms with Gasteiger partial charge in [0.1, 0.15) is 5.82 Å². The van der Waals surface area contributed by atoms with E-state index >= 15 is 0 Å². The molecule has 3 aromatic rings. The summed E-state index contributed by atoms with van der Waals surface area (Å²) < 4.78 is 84.4. The lowest BCUT2D eigenvalue weighted by atomic mass is 10.00. The van der Waals surface area contributed by atoms with Gasteiger partial charge in [0.25, 0.3) is 0 Å². The highest BCUT2D eigenvalue weighted by atomic mass is 32.2. The monoisotopic (exact) mass is 455 g/mol. The van der Waals surface area contributed by atoms with Crippen LogP contribution >= 0.6 is 0 Å². The van der Waals surface area contributed by atoms with Crippen molar-refractivity contribution in [3.05, 3.63) is 65.8 Å². The topological polar surface area (TPSA) is 76.3 Å². The maximum Gasteiger partial charge on any atom is 0.416 e. The zero-order valence-electron chi connectivity index (χ0n) is 16.0.